The number of benzene rings is 1. The van der Waals surface area contributed by atoms with Crippen molar-refractivity contribution in [2.75, 3.05) is 4.90 Å². The Morgan fingerprint density at radius 1 is 1.20 bits per heavy atom. The van der Waals surface area contributed by atoms with Crippen molar-refractivity contribution in [3.05, 3.63) is 28.2 Å². The van der Waals surface area contributed by atoms with Crippen molar-refractivity contribution >= 4 is 40.7 Å². The van der Waals surface area contributed by atoms with Gasteiger partial charge in [-0.25, -0.2) is 0 Å². The second-order valence-corrected chi connectivity index (χ2v) is 6.09. The Hall–Kier alpha value is -1.26. The molecular weight excluding hydrogens is 299 g/mol. The van der Waals surface area contributed by atoms with Crippen LogP contribution in [0.4, 0.5) is 5.69 Å². The second-order valence-electron chi connectivity index (χ2n) is 5.28. The van der Waals surface area contributed by atoms with Crippen molar-refractivity contribution < 1.29 is 9.59 Å². The van der Waals surface area contributed by atoms with Gasteiger partial charge in [-0.2, -0.15) is 0 Å². The lowest BCUT2D eigenvalue weighted by Gasteiger charge is -2.38. The number of carbonyl (C=O) groups is 2. The number of anilines is 1. The van der Waals surface area contributed by atoms with Gasteiger partial charge in [0.2, 0.25) is 5.91 Å². The molecule has 1 saturated carbocycles. The normalized spacial score (nSPS) is 26.6. The van der Waals surface area contributed by atoms with Crippen LogP contribution >= 0.6 is 23.2 Å². The van der Waals surface area contributed by atoms with Crippen LogP contribution in [-0.4, -0.2) is 23.9 Å². The maximum atomic E-state index is 12.7. The number of amides is 2. The average Bonchev–Trinajstić information content (AvgIpc) is 3.21. The number of nitrogens with one attached hydrogen (secondary N) is 1. The SMILES string of the molecule is CC1C(=O)NC(C2CC2)C(=O)N1c1c(Cl)cccc1Cl. The van der Waals surface area contributed by atoms with Crippen LogP contribution in [0.1, 0.15) is 19.8 Å². The van der Waals surface area contributed by atoms with Gasteiger partial charge in [0.05, 0.1) is 15.7 Å². The molecule has 2 aliphatic rings. The first-order valence-electron chi connectivity index (χ1n) is 6.58. The third-order valence-corrected chi connectivity index (χ3v) is 4.45. The summed E-state index contributed by atoms with van der Waals surface area (Å²) < 4.78 is 0. The van der Waals surface area contributed by atoms with Gasteiger partial charge in [-0.05, 0) is 37.8 Å². The third kappa shape index (κ3) is 2.17. The average molecular weight is 313 g/mol. The maximum Gasteiger partial charge on any atom is 0.250 e. The summed E-state index contributed by atoms with van der Waals surface area (Å²) >= 11 is 12.3. The number of carbonyl (C=O) groups excluding carboxylic acids is 2. The molecule has 0 radical (unpaired) electrons. The van der Waals surface area contributed by atoms with Crippen molar-refractivity contribution in [3.8, 4) is 0 Å². The van der Waals surface area contributed by atoms with E-state index in [1.54, 1.807) is 25.1 Å². The van der Waals surface area contributed by atoms with Crippen molar-refractivity contribution in [1.29, 1.82) is 0 Å². The summed E-state index contributed by atoms with van der Waals surface area (Å²) in [5, 5.41) is 3.55. The first kappa shape index (κ1) is 13.7. The van der Waals surface area contributed by atoms with E-state index in [-0.39, 0.29) is 17.7 Å². The van der Waals surface area contributed by atoms with Crippen LogP contribution in [0, 0.1) is 5.92 Å². The number of hydrogen-bond donors (Lipinski definition) is 1. The maximum absolute atomic E-state index is 12.7. The zero-order valence-electron chi connectivity index (χ0n) is 10.9. The molecule has 1 heterocycles. The Morgan fingerprint density at radius 3 is 2.35 bits per heavy atom. The number of halogens is 2. The van der Waals surface area contributed by atoms with E-state index in [0.29, 0.717) is 15.7 Å². The topological polar surface area (TPSA) is 49.4 Å². The fourth-order valence-corrected chi connectivity index (χ4v) is 3.15. The van der Waals surface area contributed by atoms with E-state index in [4.69, 9.17) is 23.2 Å². The molecule has 2 fully saturated rings. The molecule has 106 valence electrons. The molecule has 2 amide bonds. The molecule has 3 rings (SSSR count). The molecule has 1 saturated heterocycles. The van der Waals surface area contributed by atoms with Crippen LogP contribution in [0.2, 0.25) is 10.0 Å². The molecule has 0 spiro atoms. The van der Waals surface area contributed by atoms with Gasteiger partial charge >= 0.3 is 0 Å². The number of rotatable bonds is 2. The van der Waals surface area contributed by atoms with Crippen LogP contribution in [0.5, 0.6) is 0 Å². The molecule has 1 aromatic carbocycles. The Morgan fingerprint density at radius 2 is 1.80 bits per heavy atom. The van der Waals surface area contributed by atoms with Gasteiger partial charge in [0.15, 0.2) is 0 Å². The van der Waals surface area contributed by atoms with Gasteiger partial charge in [-0.15, -0.1) is 0 Å². The van der Waals surface area contributed by atoms with E-state index in [0.717, 1.165) is 12.8 Å². The Kier molecular flexibility index (Phi) is 3.38. The third-order valence-electron chi connectivity index (χ3n) is 3.84. The Labute approximate surface area is 127 Å². The summed E-state index contributed by atoms with van der Waals surface area (Å²) in [6, 6.07) is 3.98. The predicted octanol–water partition coefficient (Wildman–Crippen LogP) is 2.62. The lowest BCUT2D eigenvalue weighted by molar-refractivity contribution is -0.133. The molecule has 6 heteroatoms. The molecule has 0 aromatic heterocycles. The lowest BCUT2D eigenvalue weighted by atomic mass is 10.0. The zero-order valence-corrected chi connectivity index (χ0v) is 12.4. The Bertz CT molecular complexity index is 566. The molecule has 0 bridgehead atoms. The molecule has 1 aliphatic carbocycles. The summed E-state index contributed by atoms with van der Waals surface area (Å²) in [4.78, 5) is 26.2. The predicted molar refractivity (Wildman–Crippen MR) is 78.1 cm³/mol. The minimum Gasteiger partial charge on any atom is -0.342 e. The standard InChI is InChI=1S/C14H14Cl2N2O2/c1-7-13(19)17-11(8-5-6-8)14(20)18(7)12-9(15)3-2-4-10(12)16/h2-4,7-8,11H,5-6H2,1H3,(H,17,19). The fourth-order valence-electron chi connectivity index (χ4n) is 2.57. The molecular formula is C14H14Cl2N2O2. The van der Waals surface area contributed by atoms with Gasteiger partial charge in [-0.1, -0.05) is 29.3 Å². The van der Waals surface area contributed by atoms with Gasteiger partial charge in [0, 0.05) is 0 Å². The molecule has 20 heavy (non-hydrogen) atoms. The van der Waals surface area contributed by atoms with E-state index in [1.807, 2.05) is 0 Å². The number of nitrogens with zero attached hydrogens (tertiary/aromatic N) is 1. The first-order valence-corrected chi connectivity index (χ1v) is 7.33. The van der Waals surface area contributed by atoms with Crippen LogP contribution in [0.3, 0.4) is 0 Å². The smallest absolute Gasteiger partial charge is 0.250 e. The minimum atomic E-state index is -0.616. The summed E-state index contributed by atoms with van der Waals surface area (Å²) in [5.74, 6) is -0.0604. The molecule has 1 aliphatic heterocycles. The van der Waals surface area contributed by atoms with E-state index in [1.165, 1.54) is 4.90 Å². The van der Waals surface area contributed by atoms with Crippen molar-refractivity contribution in [2.45, 2.75) is 31.8 Å². The zero-order chi connectivity index (χ0) is 14.4. The number of para-hydroxylation sites is 1. The highest BCUT2D eigenvalue weighted by atomic mass is 35.5. The van der Waals surface area contributed by atoms with Crippen molar-refractivity contribution in [2.24, 2.45) is 5.92 Å². The molecule has 1 N–H and O–H groups in total. The highest BCUT2D eigenvalue weighted by Crippen LogP contribution is 2.40. The van der Waals surface area contributed by atoms with Crippen molar-refractivity contribution in [3.63, 3.8) is 0 Å². The van der Waals surface area contributed by atoms with Crippen LogP contribution in [0.25, 0.3) is 0 Å². The van der Waals surface area contributed by atoms with Crippen molar-refractivity contribution in [1.82, 2.24) is 5.32 Å². The van der Waals surface area contributed by atoms with E-state index < -0.39 is 12.1 Å². The summed E-state index contributed by atoms with van der Waals surface area (Å²) in [7, 11) is 0. The number of piperazine rings is 1. The lowest BCUT2D eigenvalue weighted by Crippen LogP contribution is -2.63. The van der Waals surface area contributed by atoms with Crippen LogP contribution in [0.15, 0.2) is 18.2 Å². The molecule has 4 nitrogen and oxygen atoms in total. The first-order chi connectivity index (χ1) is 9.50. The van der Waals surface area contributed by atoms with E-state index >= 15 is 0 Å². The van der Waals surface area contributed by atoms with Gasteiger partial charge < -0.3 is 5.32 Å². The largest absolute Gasteiger partial charge is 0.342 e. The monoisotopic (exact) mass is 312 g/mol. The molecule has 1 aromatic rings. The summed E-state index contributed by atoms with van der Waals surface area (Å²) in [6.45, 7) is 1.68. The van der Waals surface area contributed by atoms with Crippen LogP contribution in [-0.2, 0) is 9.59 Å². The highest BCUT2D eigenvalue weighted by molar-refractivity contribution is 6.40. The van der Waals surface area contributed by atoms with E-state index in [2.05, 4.69) is 5.32 Å². The summed E-state index contributed by atoms with van der Waals surface area (Å²) in [6.07, 6.45) is 1.93. The number of hydrogen-bond acceptors (Lipinski definition) is 2. The molecule has 2 atom stereocenters. The van der Waals surface area contributed by atoms with Gasteiger partial charge in [0.1, 0.15) is 12.1 Å². The van der Waals surface area contributed by atoms with Crippen LogP contribution < -0.4 is 10.2 Å². The Balaban J connectivity index is 2.04. The summed E-state index contributed by atoms with van der Waals surface area (Å²) in [5.41, 5.74) is 0.425. The molecule has 2 unspecified atom stereocenters. The fraction of sp³-hybridized carbons (Fsp3) is 0.429. The quantitative estimate of drug-likeness (QED) is 0.912. The minimum absolute atomic E-state index is 0.130. The second kappa shape index (κ2) is 4.93. The van der Waals surface area contributed by atoms with Gasteiger partial charge in [-0.3, -0.25) is 14.5 Å². The highest BCUT2D eigenvalue weighted by Gasteiger charge is 2.46. The van der Waals surface area contributed by atoms with Gasteiger partial charge in [0.25, 0.3) is 5.91 Å². The van der Waals surface area contributed by atoms with E-state index in [9.17, 15) is 9.59 Å².